The van der Waals surface area contributed by atoms with Crippen molar-refractivity contribution in [2.75, 3.05) is 9.80 Å². The Bertz CT molecular complexity index is 3810. The van der Waals surface area contributed by atoms with Crippen molar-refractivity contribution in [1.29, 1.82) is 0 Å². The Balaban J connectivity index is 1.07. The van der Waals surface area contributed by atoms with Crippen LogP contribution in [0.15, 0.2) is 267 Å². The fourth-order valence-corrected chi connectivity index (χ4v) is 26.0. The smallest absolute Gasteiger partial charge is 0.0579 e. The van der Waals surface area contributed by atoms with E-state index in [1.165, 1.54) is 83.2 Å². The summed E-state index contributed by atoms with van der Waals surface area (Å²) in [7, 11) is -4.31. The predicted octanol–water partition coefficient (Wildman–Crippen LogP) is 20.5. The van der Waals surface area contributed by atoms with E-state index in [4.69, 9.17) is 0 Å². The molecule has 0 saturated carbocycles. The van der Waals surface area contributed by atoms with Crippen molar-refractivity contribution in [2.45, 2.75) is 43.9 Å². The first-order valence-electron chi connectivity index (χ1n) is 26.4. The van der Waals surface area contributed by atoms with E-state index in [1.54, 1.807) is 0 Å². The van der Waals surface area contributed by atoms with E-state index in [0.29, 0.717) is 0 Å². The zero-order valence-corrected chi connectivity index (χ0v) is 45.8. The molecule has 12 rings (SSSR count). The van der Waals surface area contributed by atoms with Gasteiger partial charge < -0.3 is 9.80 Å². The van der Waals surface area contributed by atoms with Gasteiger partial charge in [-0.1, -0.05) is 246 Å². The molecule has 0 fully saturated rings. The van der Waals surface area contributed by atoms with Crippen LogP contribution in [0.3, 0.4) is 0 Å². The maximum atomic E-state index is 2.64. The summed E-state index contributed by atoms with van der Waals surface area (Å²) >= 11 is 0. The molecule has 0 heterocycles. The highest BCUT2D eigenvalue weighted by Gasteiger charge is 2.60. The van der Waals surface area contributed by atoms with E-state index in [1.807, 2.05) is 0 Å². The molecule has 0 radical (unpaired) electrons. The van der Waals surface area contributed by atoms with E-state index in [9.17, 15) is 0 Å². The van der Waals surface area contributed by atoms with Gasteiger partial charge in [-0.3, -0.25) is 0 Å². The van der Waals surface area contributed by atoms with E-state index >= 15 is 0 Å². The van der Waals surface area contributed by atoms with Gasteiger partial charge in [0.1, 0.15) is 0 Å². The van der Waals surface area contributed by atoms with Crippen molar-refractivity contribution >= 4 is 61.0 Å². The molecular formula is C71H62N2Si2. The largest absolute Gasteiger partial charge is 0.310 e. The molecule has 4 heteroatoms. The Morgan fingerprint density at radius 3 is 1.09 bits per heavy atom. The molecule has 0 aliphatic heterocycles. The van der Waals surface area contributed by atoms with Gasteiger partial charge >= 0.3 is 0 Å². The number of nitrogens with zero attached hydrogens (tertiary/aromatic N) is 2. The average molecular weight is 999 g/mol. The van der Waals surface area contributed by atoms with Gasteiger partial charge in [0.05, 0.1) is 27.5 Å². The lowest BCUT2D eigenvalue weighted by atomic mass is 9.95. The summed E-state index contributed by atoms with van der Waals surface area (Å²) in [5.74, 6) is 0. The van der Waals surface area contributed by atoms with Crippen molar-refractivity contribution in [3.63, 3.8) is 0 Å². The number of anilines is 6. The molecule has 11 aromatic rings. The third kappa shape index (κ3) is 8.35. The Morgan fingerprint density at radius 2 is 0.653 bits per heavy atom. The van der Waals surface area contributed by atoms with Crippen molar-refractivity contribution in [3.8, 4) is 55.6 Å². The minimum atomic E-state index is -2.15. The van der Waals surface area contributed by atoms with Crippen LogP contribution in [0.2, 0.25) is 39.3 Å². The number of para-hydroxylation sites is 2. The molecule has 0 saturated heterocycles. The van der Waals surface area contributed by atoms with Gasteiger partial charge in [0, 0.05) is 38.5 Å². The molecule has 364 valence electrons. The molecule has 0 atom stereocenters. The molecule has 11 aromatic carbocycles. The maximum absolute atomic E-state index is 2.64. The van der Waals surface area contributed by atoms with Crippen molar-refractivity contribution in [2.24, 2.45) is 0 Å². The third-order valence-corrected chi connectivity index (χ3v) is 25.8. The first-order chi connectivity index (χ1) is 36.5. The summed E-state index contributed by atoms with van der Waals surface area (Å²) in [6.07, 6.45) is 0. The summed E-state index contributed by atoms with van der Waals surface area (Å²) in [5, 5.41) is 2.62. The third-order valence-electron chi connectivity index (χ3n) is 15.7. The number of hydrogen-bond acceptors (Lipinski definition) is 2. The van der Waals surface area contributed by atoms with E-state index in [2.05, 4.69) is 316 Å². The lowest BCUT2D eigenvalue weighted by Gasteiger charge is -2.51. The highest BCUT2D eigenvalue weighted by atomic mass is 28.4. The van der Waals surface area contributed by atoms with E-state index in [0.717, 1.165) is 28.4 Å². The standard InChI is InChI=1S/C71H62N2Si2/c1-74(2,3)71(75(4,5)6)67-50-61(73(59-35-23-12-24-36-59)69-49-56(52-27-15-8-16-28-52)38-43-63(69)54-31-19-10-20-32-54)41-46-65(67)66-44-39-57-47-60(40-45-64(57)70(66)71)72(58-33-21-11-22-34-58)68-48-55(51-25-13-7-14-26-51)37-42-62(68)53-29-17-9-18-30-53/h7-50H,1-6H3. The highest BCUT2D eigenvalue weighted by molar-refractivity contribution is 7.00. The van der Waals surface area contributed by atoms with Crippen LogP contribution in [0.5, 0.6) is 0 Å². The number of benzene rings is 11. The zero-order valence-electron chi connectivity index (χ0n) is 43.8. The van der Waals surface area contributed by atoms with Gasteiger partial charge in [-0.2, -0.15) is 0 Å². The van der Waals surface area contributed by atoms with Crippen LogP contribution in [0.4, 0.5) is 34.1 Å². The van der Waals surface area contributed by atoms with Gasteiger partial charge in [0.25, 0.3) is 0 Å². The summed E-state index contributed by atoms with van der Waals surface area (Å²) in [5.41, 5.74) is 22.1. The SMILES string of the molecule is C[Si](C)(C)C1([Si](C)(C)C)c2cc(N(c3ccccc3)c3cc(-c4ccccc4)ccc3-c3ccccc3)ccc2-c2ccc3cc(N(c4ccccc4)c4cc(-c5ccccc5)ccc4-c4ccccc4)ccc3c21. The first-order valence-corrected chi connectivity index (χ1v) is 33.4. The summed E-state index contributed by atoms with van der Waals surface area (Å²) in [4.78, 5) is 5.00. The van der Waals surface area contributed by atoms with Crippen LogP contribution < -0.4 is 9.80 Å². The van der Waals surface area contributed by atoms with Crippen LogP contribution in [0.1, 0.15) is 11.1 Å². The Kier molecular flexibility index (Phi) is 12.2. The van der Waals surface area contributed by atoms with Gasteiger partial charge in [-0.25, -0.2) is 0 Å². The van der Waals surface area contributed by atoms with E-state index in [-0.39, 0.29) is 4.66 Å². The van der Waals surface area contributed by atoms with Crippen LogP contribution in [0.25, 0.3) is 66.4 Å². The van der Waals surface area contributed by atoms with Gasteiger partial charge in [-0.05, 0) is 127 Å². The summed E-state index contributed by atoms with van der Waals surface area (Å²) in [6, 6.07) is 98.8. The molecular weight excluding hydrogens is 937 g/mol. The molecule has 0 bridgehead atoms. The quantitative estimate of drug-likeness (QED) is 0.113. The van der Waals surface area contributed by atoms with Gasteiger partial charge in [-0.15, -0.1) is 0 Å². The second kappa shape index (κ2) is 19.2. The second-order valence-electron chi connectivity index (χ2n) is 22.1. The topological polar surface area (TPSA) is 6.48 Å². The lowest BCUT2D eigenvalue weighted by molar-refractivity contribution is 0.961. The summed E-state index contributed by atoms with van der Waals surface area (Å²) in [6.45, 7) is 15.8. The Morgan fingerprint density at radius 1 is 0.280 bits per heavy atom. The lowest BCUT2D eigenvalue weighted by Crippen LogP contribution is -2.63. The molecule has 75 heavy (non-hydrogen) atoms. The van der Waals surface area contributed by atoms with Crippen LogP contribution >= 0.6 is 0 Å². The Labute approximate surface area is 445 Å². The molecule has 0 N–H and O–H groups in total. The van der Waals surface area contributed by atoms with Crippen molar-refractivity contribution < 1.29 is 0 Å². The Hall–Kier alpha value is -8.29. The molecule has 0 spiro atoms. The molecule has 0 aromatic heterocycles. The zero-order chi connectivity index (χ0) is 51.3. The van der Waals surface area contributed by atoms with Gasteiger partial charge in [0.15, 0.2) is 0 Å². The number of hydrogen-bond donors (Lipinski definition) is 0. The van der Waals surface area contributed by atoms with Crippen molar-refractivity contribution in [1.82, 2.24) is 0 Å². The van der Waals surface area contributed by atoms with Crippen LogP contribution in [0, 0.1) is 0 Å². The minimum Gasteiger partial charge on any atom is -0.310 e. The average Bonchev–Trinajstić information content (AvgIpc) is 3.92. The summed E-state index contributed by atoms with van der Waals surface area (Å²) < 4.78 is -0.137. The van der Waals surface area contributed by atoms with Crippen LogP contribution in [-0.4, -0.2) is 16.1 Å². The minimum absolute atomic E-state index is 0.137. The highest BCUT2D eigenvalue weighted by Crippen LogP contribution is 2.61. The molecule has 2 nitrogen and oxygen atoms in total. The molecule has 1 aliphatic rings. The maximum Gasteiger partial charge on any atom is 0.0579 e. The predicted molar refractivity (Wildman–Crippen MR) is 328 cm³/mol. The molecule has 1 aliphatic carbocycles. The second-order valence-corrected chi connectivity index (χ2v) is 33.1. The van der Waals surface area contributed by atoms with Crippen molar-refractivity contribution in [3.05, 3.63) is 278 Å². The number of rotatable bonds is 12. The normalized spacial score (nSPS) is 12.8. The fraction of sp³-hybridized carbons (Fsp3) is 0.0986. The van der Waals surface area contributed by atoms with Gasteiger partial charge in [0.2, 0.25) is 0 Å². The number of fused-ring (bicyclic) bond motifs is 5. The molecule has 0 amide bonds. The first kappa shape index (κ1) is 47.7. The van der Waals surface area contributed by atoms with Crippen LogP contribution in [-0.2, 0) is 4.66 Å². The fourth-order valence-electron chi connectivity index (χ4n) is 12.9. The van der Waals surface area contributed by atoms with E-state index < -0.39 is 16.1 Å². The molecule has 0 unspecified atom stereocenters. The monoisotopic (exact) mass is 998 g/mol.